The van der Waals surface area contributed by atoms with Gasteiger partial charge < -0.3 is 4.98 Å². The van der Waals surface area contributed by atoms with Crippen LogP contribution >= 0.6 is 11.6 Å². The van der Waals surface area contributed by atoms with Crippen molar-refractivity contribution in [3.63, 3.8) is 0 Å². The van der Waals surface area contributed by atoms with Gasteiger partial charge in [0.05, 0.1) is 16.1 Å². The van der Waals surface area contributed by atoms with Crippen LogP contribution in [0, 0.1) is 6.92 Å². The predicted octanol–water partition coefficient (Wildman–Crippen LogP) is 1.88. The first-order valence-corrected chi connectivity index (χ1v) is 4.20. The van der Waals surface area contributed by atoms with E-state index in [1.54, 1.807) is 12.3 Å². The van der Waals surface area contributed by atoms with Crippen molar-refractivity contribution >= 4 is 22.6 Å². The molecule has 2 rings (SSSR count). The largest absolute Gasteiger partial charge is 0.320 e. The van der Waals surface area contributed by atoms with Crippen molar-refractivity contribution in [3.8, 4) is 0 Å². The van der Waals surface area contributed by atoms with Gasteiger partial charge in [0.25, 0.3) is 0 Å². The summed E-state index contributed by atoms with van der Waals surface area (Å²) >= 11 is 5.86. The molecule has 0 aliphatic rings. The molecule has 2 aromatic heterocycles. The molecule has 0 bridgehead atoms. The minimum Gasteiger partial charge on any atom is -0.320 e. The maximum absolute atomic E-state index is 11.0. The lowest BCUT2D eigenvalue weighted by molar-refractivity contribution is 1.25. The lowest BCUT2D eigenvalue weighted by Gasteiger charge is -2.01. The third-order valence-corrected chi connectivity index (χ3v) is 2.33. The molecule has 0 radical (unpaired) electrons. The monoisotopic (exact) mass is 194 g/mol. The van der Waals surface area contributed by atoms with Crippen LogP contribution in [0.15, 0.2) is 23.1 Å². The summed E-state index contributed by atoms with van der Waals surface area (Å²) in [5.74, 6) is 0. The molecule has 0 fully saturated rings. The van der Waals surface area contributed by atoms with Gasteiger partial charge in [-0.1, -0.05) is 11.6 Å². The van der Waals surface area contributed by atoms with Crippen molar-refractivity contribution in [2.45, 2.75) is 6.92 Å². The maximum Gasteiger partial charge on any atom is 0.248 e. The third-order valence-electron chi connectivity index (χ3n) is 1.95. The van der Waals surface area contributed by atoms with Gasteiger partial charge in [-0.3, -0.25) is 9.78 Å². The average molecular weight is 195 g/mol. The first kappa shape index (κ1) is 8.26. The maximum atomic E-state index is 11.0. The van der Waals surface area contributed by atoms with Gasteiger partial charge in [0.2, 0.25) is 5.56 Å². The number of rotatable bonds is 0. The number of nitrogens with zero attached hydrogens (tertiary/aromatic N) is 1. The number of hydrogen-bond donors (Lipinski definition) is 1. The Morgan fingerprint density at radius 2 is 2.23 bits per heavy atom. The van der Waals surface area contributed by atoms with Crippen molar-refractivity contribution in [2.75, 3.05) is 0 Å². The molecule has 3 nitrogen and oxygen atoms in total. The summed E-state index contributed by atoms with van der Waals surface area (Å²) in [6, 6.07) is 3.13. The molecule has 2 aromatic rings. The zero-order valence-electron chi connectivity index (χ0n) is 6.97. The molecule has 0 saturated heterocycles. The second kappa shape index (κ2) is 2.85. The highest BCUT2D eigenvalue weighted by Crippen LogP contribution is 2.19. The van der Waals surface area contributed by atoms with Gasteiger partial charge >= 0.3 is 0 Å². The summed E-state index contributed by atoms with van der Waals surface area (Å²) in [6.07, 6.45) is 1.58. The standard InChI is InChI=1S/C9H7ClN2O/c1-5-6(10)4-11-7-2-3-8(13)12-9(5)7/h2-4H,1H3,(H,12,13). The number of halogens is 1. The predicted molar refractivity (Wildman–Crippen MR) is 52.1 cm³/mol. The fourth-order valence-electron chi connectivity index (χ4n) is 1.20. The van der Waals surface area contributed by atoms with Crippen molar-refractivity contribution in [1.29, 1.82) is 0 Å². The molecule has 0 spiro atoms. The Labute approximate surface area is 79.4 Å². The molecule has 2 heterocycles. The van der Waals surface area contributed by atoms with Crippen LogP contribution in [0.4, 0.5) is 0 Å². The second-order valence-electron chi connectivity index (χ2n) is 2.81. The van der Waals surface area contributed by atoms with Crippen LogP contribution in [0.5, 0.6) is 0 Å². The molecule has 13 heavy (non-hydrogen) atoms. The summed E-state index contributed by atoms with van der Waals surface area (Å²) in [5, 5.41) is 0.564. The summed E-state index contributed by atoms with van der Waals surface area (Å²) in [4.78, 5) is 17.8. The normalized spacial score (nSPS) is 10.6. The van der Waals surface area contributed by atoms with Gasteiger partial charge in [0.1, 0.15) is 0 Å². The summed E-state index contributed by atoms with van der Waals surface area (Å²) in [6.45, 7) is 1.85. The minimum absolute atomic E-state index is 0.139. The fourth-order valence-corrected chi connectivity index (χ4v) is 1.35. The van der Waals surface area contributed by atoms with E-state index in [-0.39, 0.29) is 5.56 Å². The Kier molecular flexibility index (Phi) is 1.81. The molecule has 0 aliphatic heterocycles. The highest BCUT2D eigenvalue weighted by molar-refractivity contribution is 6.31. The van der Waals surface area contributed by atoms with E-state index in [0.717, 1.165) is 11.1 Å². The number of pyridine rings is 2. The quantitative estimate of drug-likeness (QED) is 0.696. The van der Waals surface area contributed by atoms with Crippen LogP contribution in [-0.2, 0) is 0 Å². The van der Waals surface area contributed by atoms with Crippen molar-refractivity contribution < 1.29 is 0 Å². The highest BCUT2D eigenvalue weighted by atomic mass is 35.5. The van der Waals surface area contributed by atoms with Crippen LogP contribution in [0.1, 0.15) is 5.56 Å². The second-order valence-corrected chi connectivity index (χ2v) is 3.22. The molecule has 66 valence electrons. The number of nitrogens with one attached hydrogen (secondary N) is 1. The van der Waals surface area contributed by atoms with Crippen LogP contribution in [0.25, 0.3) is 11.0 Å². The summed E-state index contributed by atoms with van der Waals surface area (Å²) in [7, 11) is 0. The fraction of sp³-hybridized carbons (Fsp3) is 0.111. The number of aryl methyl sites for hydroxylation is 1. The Morgan fingerprint density at radius 3 is 3.00 bits per heavy atom. The van der Waals surface area contributed by atoms with Gasteiger partial charge in [0.15, 0.2) is 0 Å². The zero-order chi connectivity index (χ0) is 9.42. The van der Waals surface area contributed by atoms with E-state index in [1.165, 1.54) is 6.07 Å². The first-order valence-electron chi connectivity index (χ1n) is 3.82. The van der Waals surface area contributed by atoms with Gasteiger partial charge in [-0.2, -0.15) is 0 Å². The number of aromatic nitrogens is 2. The topological polar surface area (TPSA) is 45.8 Å². The Bertz CT molecular complexity index is 518. The molecule has 0 saturated carbocycles. The Balaban J connectivity index is 2.97. The molecule has 0 amide bonds. The van der Waals surface area contributed by atoms with E-state index >= 15 is 0 Å². The van der Waals surface area contributed by atoms with Crippen molar-refractivity contribution in [3.05, 3.63) is 39.3 Å². The van der Waals surface area contributed by atoms with Crippen LogP contribution in [-0.4, -0.2) is 9.97 Å². The van der Waals surface area contributed by atoms with E-state index in [9.17, 15) is 4.79 Å². The van der Waals surface area contributed by atoms with E-state index in [1.807, 2.05) is 6.92 Å². The molecular formula is C9H7ClN2O. The zero-order valence-corrected chi connectivity index (χ0v) is 7.72. The lowest BCUT2D eigenvalue weighted by Crippen LogP contribution is -2.04. The van der Waals surface area contributed by atoms with E-state index < -0.39 is 0 Å². The van der Waals surface area contributed by atoms with E-state index in [2.05, 4.69) is 9.97 Å². The van der Waals surface area contributed by atoms with E-state index in [0.29, 0.717) is 10.5 Å². The molecule has 0 atom stereocenters. The molecule has 4 heteroatoms. The number of H-pyrrole nitrogens is 1. The van der Waals surface area contributed by atoms with Crippen LogP contribution in [0.2, 0.25) is 5.02 Å². The molecule has 0 aromatic carbocycles. The Morgan fingerprint density at radius 1 is 1.46 bits per heavy atom. The van der Waals surface area contributed by atoms with Gasteiger partial charge in [-0.05, 0) is 18.6 Å². The van der Waals surface area contributed by atoms with Gasteiger partial charge in [-0.15, -0.1) is 0 Å². The molecule has 0 unspecified atom stereocenters. The molecule has 1 N–H and O–H groups in total. The summed E-state index contributed by atoms with van der Waals surface area (Å²) < 4.78 is 0. The van der Waals surface area contributed by atoms with Crippen LogP contribution < -0.4 is 5.56 Å². The smallest absolute Gasteiger partial charge is 0.248 e. The minimum atomic E-state index is -0.139. The average Bonchev–Trinajstić information content (AvgIpc) is 2.12. The van der Waals surface area contributed by atoms with Crippen molar-refractivity contribution in [1.82, 2.24) is 9.97 Å². The molecule has 0 aliphatic carbocycles. The van der Waals surface area contributed by atoms with Crippen molar-refractivity contribution in [2.24, 2.45) is 0 Å². The Hall–Kier alpha value is -1.35. The van der Waals surface area contributed by atoms with Gasteiger partial charge in [0, 0.05) is 12.3 Å². The lowest BCUT2D eigenvalue weighted by atomic mass is 10.2. The number of hydrogen-bond acceptors (Lipinski definition) is 2. The molecular weight excluding hydrogens is 188 g/mol. The van der Waals surface area contributed by atoms with E-state index in [4.69, 9.17) is 11.6 Å². The number of fused-ring (bicyclic) bond motifs is 1. The third kappa shape index (κ3) is 1.31. The highest BCUT2D eigenvalue weighted by Gasteiger charge is 2.02. The van der Waals surface area contributed by atoms with Gasteiger partial charge in [-0.25, -0.2) is 0 Å². The SMILES string of the molecule is Cc1c(Cl)cnc2ccc(=O)[nH]c12. The number of aromatic amines is 1. The summed E-state index contributed by atoms with van der Waals surface area (Å²) in [5.41, 5.74) is 2.17. The first-order chi connectivity index (χ1) is 6.18. The van der Waals surface area contributed by atoms with Crippen LogP contribution in [0.3, 0.4) is 0 Å².